The van der Waals surface area contributed by atoms with Crippen molar-refractivity contribution in [3.05, 3.63) is 0 Å². The maximum absolute atomic E-state index is 10.4. The SMILES string of the molecule is CC(C(=O)O)N(C=O)P(=O)(O)O. The third kappa shape index (κ3) is 2.61. The van der Waals surface area contributed by atoms with Crippen LogP contribution in [-0.4, -0.2) is 38.0 Å². The topological polar surface area (TPSA) is 115 Å². The Morgan fingerprint density at radius 3 is 2.08 bits per heavy atom. The van der Waals surface area contributed by atoms with Crippen LogP contribution >= 0.6 is 7.75 Å². The highest BCUT2D eigenvalue weighted by atomic mass is 31.2. The van der Waals surface area contributed by atoms with Crippen molar-refractivity contribution in [3.63, 3.8) is 0 Å². The molecule has 0 aliphatic rings. The predicted molar refractivity (Wildman–Crippen MR) is 37.0 cm³/mol. The lowest BCUT2D eigenvalue weighted by molar-refractivity contribution is -0.143. The molecular weight excluding hydrogens is 189 g/mol. The van der Waals surface area contributed by atoms with Crippen LogP contribution < -0.4 is 0 Å². The molecule has 7 nitrogen and oxygen atoms in total. The molecule has 0 aromatic heterocycles. The molecule has 0 saturated heterocycles. The van der Waals surface area contributed by atoms with E-state index in [1.807, 2.05) is 0 Å². The highest BCUT2D eigenvalue weighted by molar-refractivity contribution is 7.49. The van der Waals surface area contributed by atoms with Gasteiger partial charge in [0.05, 0.1) is 0 Å². The van der Waals surface area contributed by atoms with E-state index in [0.29, 0.717) is 0 Å². The number of aliphatic carboxylic acids is 1. The van der Waals surface area contributed by atoms with Gasteiger partial charge in [-0.3, -0.25) is 4.79 Å². The van der Waals surface area contributed by atoms with Crippen LogP contribution in [-0.2, 0) is 14.2 Å². The van der Waals surface area contributed by atoms with Gasteiger partial charge in [0.2, 0.25) is 6.41 Å². The summed E-state index contributed by atoms with van der Waals surface area (Å²) in [6, 6.07) is -1.54. The molecule has 0 saturated carbocycles. The molecule has 1 amide bonds. The van der Waals surface area contributed by atoms with Crippen LogP contribution in [0.4, 0.5) is 0 Å². The van der Waals surface area contributed by atoms with Gasteiger partial charge in [0, 0.05) is 0 Å². The van der Waals surface area contributed by atoms with E-state index in [1.54, 1.807) is 0 Å². The third-order valence-electron chi connectivity index (χ3n) is 1.16. The smallest absolute Gasteiger partial charge is 0.432 e. The van der Waals surface area contributed by atoms with Crippen molar-refractivity contribution in [1.29, 1.82) is 0 Å². The Morgan fingerprint density at radius 2 is 2.00 bits per heavy atom. The van der Waals surface area contributed by atoms with Gasteiger partial charge in [0.15, 0.2) is 0 Å². The van der Waals surface area contributed by atoms with Crippen molar-refractivity contribution in [1.82, 2.24) is 4.67 Å². The monoisotopic (exact) mass is 197 g/mol. The molecule has 3 N–H and O–H groups in total. The molecule has 0 radical (unpaired) electrons. The van der Waals surface area contributed by atoms with Crippen molar-refractivity contribution in [2.45, 2.75) is 13.0 Å². The largest absolute Gasteiger partial charge is 0.480 e. The number of carbonyl (C=O) groups excluding carboxylic acids is 1. The van der Waals surface area contributed by atoms with Crippen LogP contribution in [0.3, 0.4) is 0 Å². The first-order chi connectivity index (χ1) is 5.30. The molecule has 0 aliphatic heterocycles. The van der Waals surface area contributed by atoms with Gasteiger partial charge in [-0.1, -0.05) is 0 Å². The molecule has 1 unspecified atom stereocenters. The van der Waals surface area contributed by atoms with Gasteiger partial charge in [0.25, 0.3) is 0 Å². The maximum atomic E-state index is 10.4. The fraction of sp³-hybridized carbons (Fsp3) is 0.500. The summed E-state index contributed by atoms with van der Waals surface area (Å²) in [6.45, 7) is 0.996. The van der Waals surface area contributed by atoms with Crippen LogP contribution in [0.15, 0.2) is 0 Å². The summed E-state index contributed by atoms with van der Waals surface area (Å²) in [5, 5.41) is 8.30. The number of carbonyl (C=O) groups is 2. The summed E-state index contributed by atoms with van der Waals surface area (Å²) >= 11 is 0. The van der Waals surface area contributed by atoms with Crippen molar-refractivity contribution in [2.75, 3.05) is 0 Å². The number of hydrogen-bond donors (Lipinski definition) is 3. The summed E-state index contributed by atoms with van der Waals surface area (Å²) in [5.74, 6) is -1.48. The molecule has 0 aromatic rings. The first-order valence-corrected chi connectivity index (χ1v) is 4.39. The Kier molecular flexibility index (Phi) is 3.38. The quantitative estimate of drug-likeness (QED) is 0.393. The summed E-state index contributed by atoms with van der Waals surface area (Å²) in [7, 11) is -4.80. The first kappa shape index (κ1) is 11.1. The average molecular weight is 197 g/mol. The van der Waals surface area contributed by atoms with E-state index in [4.69, 9.17) is 14.9 Å². The van der Waals surface area contributed by atoms with Gasteiger partial charge in [-0.25, -0.2) is 14.0 Å². The predicted octanol–water partition coefficient (Wildman–Crippen LogP) is -0.989. The zero-order valence-electron chi connectivity index (χ0n) is 6.12. The Labute approximate surface area is 67.8 Å². The summed E-state index contributed by atoms with van der Waals surface area (Å²) in [4.78, 5) is 37.1. The zero-order chi connectivity index (χ0) is 9.94. The van der Waals surface area contributed by atoms with Gasteiger partial charge in [-0.15, -0.1) is 0 Å². The van der Waals surface area contributed by atoms with Gasteiger partial charge in [-0.2, -0.15) is 0 Å². The van der Waals surface area contributed by atoms with Crippen molar-refractivity contribution in [2.24, 2.45) is 0 Å². The molecule has 0 bridgehead atoms. The fourth-order valence-electron chi connectivity index (χ4n) is 0.491. The summed E-state index contributed by atoms with van der Waals surface area (Å²) < 4.78 is 10.4. The minimum atomic E-state index is -4.80. The van der Waals surface area contributed by atoms with Crippen LogP contribution in [0.5, 0.6) is 0 Å². The number of hydrogen-bond acceptors (Lipinski definition) is 3. The van der Waals surface area contributed by atoms with E-state index in [9.17, 15) is 14.2 Å². The minimum Gasteiger partial charge on any atom is -0.480 e. The normalized spacial score (nSPS) is 13.6. The number of amides is 1. The van der Waals surface area contributed by atoms with Crippen molar-refractivity contribution < 1.29 is 29.0 Å². The Bertz CT molecular complexity index is 234. The second kappa shape index (κ2) is 3.66. The summed E-state index contributed by atoms with van der Waals surface area (Å²) in [6.07, 6.45) is -0.195. The van der Waals surface area contributed by atoms with Gasteiger partial charge in [-0.05, 0) is 6.92 Å². The third-order valence-corrected chi connectivity index (χ3v) is 2.21. The zero-order valence-corrected chi connectivity index (χ0v) is 7.01. The van der Waals surface area contributed by atoms with Crippen LogP contribution in [0, 0.1) is 0 Å². The molecule has 0 spiro atoms. The molecule has 0 aliphatic carbocycles. The fourth-order valence-corrected chi connectivity index (χ4v) is 1.16. The van der Waals surface area contributed by atoms with E-state index in [-0.39, 0.29) is 11.1 Å². The standard InChI is InChI=1S/C4H8NO6P/c1-3(4(7)8)5(2-6)12(9,10)11/h2-3H,1H3,(H,7,8)(H2,9,10,11). The van der Waals surface area contributed by atoms with E-state index in [0.717, 1.165) is 6.92 Å². The van der Waals surface area contributed by atoms with Crippen LogP contribution in [0.1, 0.15) is 6.92 Å². The Morgan fingerprint density at radius 1 is 1.58 bits per heavy atom. The Hall–Kier alpha value is -0.910. The van der Waals surface area contributed by atoms with E-state index < -0.39 is 19.8 Å². The maximum Gasteiger partial charge on any atom is 0.432 e. The average Bonchev–Trinajstić information content (AvgIpc) is 1.85. The number of carboxylic acid groups (broad SMARTS) is 1. The van der Waals surface area contributed by atoms with Crippen molar-refractivity contribution >= 4 is 20.1 Å². The molecule has 0 aromatic carbocycles. The molecule has 8 heteroatoms. The first-order valence-electron chi connectivity index (χ1n) is 2.83. The highest BCUT2D eigenvalue weighted by Gasteiger charge is 2.32. The molecule has 1 atom stereocenters. The highest BCUT2D eigenvalue weighted by Crippen LogP contribution is 2.40. The van der Waals surface area contributed by atoms with E-state index in [2.05, 4.69) is 0 Å². The second-order valence-electron chi connectivity index (χ2n) is 2.01. The lowest BCUT2D eigenvalue weighted by Gasteiger charge is -2.21. The van der Waals surface area contributed by atoms with Gasteiger partial charge in [0.1, 0.15) is 6.04 Å². The van der Waals surface area contributed by atoms with Gasteiger partial charge >= 0.3 is 13.7 Å². The van der Waals surface area contributed by atoms with E-state index in [1.165, 1.54) is 0 Å². The Balaban J connectivity index is 4.69. The lowest BCUT2D eigenvalue weighted by Crippen LogP contribution is -2.35. The molecule has 0 rings (SSSR count). The lowest BCUT2D eigenvalue weighted by atomic mass is 10.4. The van der Waals surface area contributed by atoms with Crippen LogP contribution in [0.25, 0.3) is 0 Å². The molecule has 70 valence electrons. The van der Waals surface area contributed by atoms with Crippen LogP contribution in [0.2, 0.25) is 0 Å². The molecule has 0 heterocycles. The number of nitrogens with zero attached hydrogens (tertiary/aromatic N) is 1. The minimum absolute atomic E-state index is 0.0602. The number of carboxylic acids is 1. The summed E-state index contributed by atoms with van der Waals surface area (Å²) in [5.41, 5.74) is 0. The molecule has 12 heavy (non-hydrogen) atoms. The number of rotatable bonds is 4. The second-order valence-corrected chi connectivity index (χ2v) is 3.50. The van der Waals surface area contributed by atoms with E-state index >= 15 is 0 Å². The molecule has 0 fully saturated rings. The van der Waals surface area contributed by atoms with Crippen molar-refractivity contribution in [3.8, 4) is 0 Å². The van der Waals surface area contributed by atoms with Gasteiger partial charge < -0.3 is 14.9 Å². The molecular formula is C4H8NO6P.